The molecule has 0 unspecified atom stereocenters. The normalized spacial score (nSPS) is 13.6. The van der Waals surface area contributed by atoms with Gasteiger partial charge in [0.25, 0.3) is 0 Å². The number of anilines is 1. The maximum atomic E-state index is 7.37. The molecular formula is C5H7N5. The molecule has 5 nitrogen and oxygen atoms in total. The third kappa shape index (κ3) is 0.570. The van der Waals surface area contributed by atoms with Crippen LogP contribution in [0, 0.1) is 5.41 Å². The lowest BCUT2D eigenvalue weighted by atomic mass is 10.6. The Morgan fingerprint density at radius 1 is 1.70 bits per heavy atom. The maximum Gasteiger partial charge on any atom is 0.225 e. The molecule has 3 N–H and O–H groups in total. The van der Waals surface area contributed by atoms with Gasteiger partial charge < -0.3 is 10.7 Å². The molecule has 1 aromatic rings. The van der Waals surface area contributed by atoms with Crippen molar-refractivity contribution in [1.82, 2.24) is 9.66 Å². The van der Waals surface area contributed by atoms with E-state index in [-0.39, 0.29) is 0 Å². The van der Waals surface area contributed by atoms with E-state index in [1.807, 2.05) is 0 Å². The largest absolute Gasteiger partial charge is 0.336 e. The Labute approximate surface area is 57.2 Å². The van der Waals surface area contributed by atoms with Gasteiger partial charge in [0, 0.05) is 12.3 Å². The van der Waals surface area contributed by atoms with E-state index in [4.69, 9.17) is 5.41 Å². The molecule has 0 saturated carbocycles. The second kappa shape index (κ2) is 1.73. The molecule has 1 aliphatic rings. The van der Waals surface area contributed by atoms with Crippen LogP contribution in [-0.2, 0) is 0 Å². The van der Waals surface area contributed by atoms with E-state index in [2.05, 4.69) is 15.7 Å². The number of nitrogens with zero attached hydrogens (tertiary/aromatic N) is 2. The minimum Gasteiger partial charge on any atom is -0.336 e. The lowest BCUT2D eigenvalue weighted by molar-refractivity contribution is 0.844. The average Bonchev–Trinajstić information content (AvgIpc) is 2.36. The monoisotopic (exact) mass is 137 g/mol. The Balaban J connectivity index is 2.70. The van der Waals surface area contributed by atoms with Crippen molar-refractivity contribution in [1.29, 1.82) is 5.41 Å². The zero-order chi connectivity index (χ0) is 6.97. The van der Waals surface area contributed by atoms with Gasteiger partial charge >= 0.3 is 0 Å². The summed E-state index contributed by atoms with van der Waals surface area (Å²) >= 11 is 0. The lowest BCUT2D eigenvalue weighted by Crippen LogP contribution is -2.23. The minimum atomic E-state index is 0.412. The van der Waals surface area contributed by atoms with Crippen LogP contribution in [0.25, 0.3) is 0 Å². The molecule has 10 heavy (non-hydrogen) atoms. The number of aromatic nitrogens is 2. The predicted octanol–water partition coefficient (Wildman–Crippen LogP) is -0.711. The van der Waals surface area contributed by atoms with Crippen molar-refractivity contribution in [3.05, 3.63) is 17.8 Å². The van der Waals surface area contributed by atoms with E-state index < -0.39 is 0 Å². The van der Waals surface area contributed by atoms with Gasteiger partial charge in [0.2, 0.25) is 5.95 Å². The topological polar surface area (TPSA) is 65.7 Å². The molecule has 1 aromatic heterocycles. The van der Waals surface area contributed by atoms with E-state index in [9.17, 15) is 0 Å². The van der Waals surface area contributed by atoms with Crippen molar-refractivity contribution in [2.24, 2.45) is 0 Å². The van der Waals surface area contributed by atoms with Crippen molar-refractivity contribution in [3.8, 4) is 0 Å². The van der Waals surface area contributed by atoms with Gasteiger partial charge in [0.1, 0.15) is 12.2 Å². The fourth-order valence-electron chi connectivity index (χ4n) is 0.907. The van der Waals surface area contributed by atoms with Crippen LogP contribution in [0.1, 0.15) is 0 Å². The summed E-state index contributed by atoms with van der Waals surface area (Å²) in [6.07, 6.45) is 1.61. The van der Waals surface area contributed by atoms with Crippen molar-refractivity contribution < 1.29 is 0 Å². The van der Waals surface area contributed by atoms with Gasteiger partial charge in [-0.05, 0) is 0 Å². The van der Waals surface area contributed by atoms with Crippen LogP contribution in [0.2, 0.25) is 0 Å². The molecule has 0 radical (unpaired) electrons. The van der Waals surface area contributed by atoms with Crippen molar-refractivity contribution >= 4 is 5.95 Å². The molecule has 0 aromatic carbocycles. The number of fused-ring (bicyclic) bond motifs is 1. The lowest BCUT2D eigenvalue weighted by Gasteiger charge is -1.98. The first-order chi connectivity index (χ1) is 4.88. The molecule has 1 aliphatic heterocycles. The van der Waals surface area contributed by atoms with Crippen molar-refractivity contribution in [3.63, 3.8) is 0 Å². The SMILES string of the molecule is N=c1ccnc2n1NCN2. The Bertz CT molecular complexity index is 301. The molecule has 0 aliphatic carbocycles. The summed E-state index contributed by atoms with van der Waals surface area (Å²) in [5.41, 5.74) is 3.34. The summed E-state index contributed by atoms with van der Waals surface area (Å²) < 4.78 is 1.60. The summed E-state index contributed by atoms with van der Waals surface area (Å²) in [6, 6.07) is 1.63. The standard InChI is InChI=1S/C5H7N5/c6-4-1-2-7-5-8-3-9-10(4)5/h1-2,6,9H,3H2,(H,7,8). The molecule has 5 heteroatoms. The first kappa shape index (κ1) is 5.28. The van der Waals surface area contributed by atoms with E-state index in [1.165, 1.54) is 0 Å². The molecule has 52 valence electrons. The summed E-state index contributed by atoms with van der Waals surface area (Å²) in [5.74, 6) is 0.701. The Morgan fingerprint density at radius 3 is 3.40 bits per heavy atom. The quantitative estimate of drug-likeness (QED) is 0.442. The van der Waals surface area contributed by atoms with Crippen LogP contribution in [0.15, 0.2) is 12.3 Å². The zero-order valence-electron chi connectivity index (χ0n) is 5.26. The highest BCUT2D eigenvalue weighted by Crippen LogP contribution is 1.99. The van der Waals surface area contributed by atoms with Gasteiger partial charge in [0.15, 0.2) is 0 Å². The molecule has 0 spiro atoms. The van der Waals surface area contributed by atoms with E-state index in [1.54, 1.807) is 16.9 Å². The van der Waals surface area contributed by atoms with Crippen LogP contribution in [0.3, 0.4) is 0 Å². The number of rotatable bonds is 0. The van der Waals surface area contributed by atoms with Gasteiger partial charge in [0.05, 0.1) is 0 Å². The first-order valence-corrected chi connectivity index (χ1v) is 2.98. The second-order valence-electron chi connectivity index (χ2n) is 2.00. The summed E-state index contributed by atoms with van der Waals surface area (Å²) in [4.78, 5) is 3.99. The highest BCUT2D eigenvalue weighted by Gasteiger charge is 2.06. The molecule has 0 bridgehead atoms. The van der Waals surface area contributed by atoms with Crippen LogP contribution in [0.5, 0.6) is 0 Å². The minimum absolute atomic E-state index is 0.412. The Hall–Kier alpha value is -1.52. The molecule has 2 rings (SSSR count). The van der Waals surface area contributed by atoms with Gasteiger partial charge in [-0.2, -0.15) is 0 Å². The van der Waals surface area contributed by atoms with E-state index in [0.717, 1.165) is 0 Å². The fourth-order valence-corrected chi connectivity index (χ4v) is 0.907. The summed E-state index contributed by atoms with van der Waals surface area (Å²) in [5, 5.41) is 10.3. The highest BCUT2D eigenvalue weighted by molar-refractivity contribution is 5.30. The fraction of sp³-hybridized carbons (Fsp3) is 0.200. The van der Waals surface area contributed by atoms with Gasteiger partial charge in [-0.15, -0.1) is 0 Å². The molecular weight excluding hydrogens is 130 g/mol. The van der Waals surface area contributed by atoms with Crippen LogP contribution in [-0.4, -0.2) is 16.3 Å². The van der Waals surface area contributed by atoms with Crippen LogP contribution >= 0.6 is 0 Å². The van der Waals surface area contributed by atoms with Crippen LogP contribution < -0.4 is 16.2 Å². The summed E-state index contributed by atoms with van der Waals surface area (Å²) in [6.45, 7) is 0.642. The second-order valence-corrected chi connectivity index (χ2v) is 2.00. The third-order valence-electron chi connectivity index (χ3n) is 1.37. The maximum absolute atomic E-state index is 7.37. The van der Waals surface area contributed by atoms with Crippen molar-refractivity contribution in [2.45, 2.75) is 0 Å². The number of hydrogen-bond donors (Lipinski definition) is 3. The summed E-state index contributed by atoms with van der Waals surface area (Å²) in [7, 11) is 0. The number of nitrogens with one attached hydrogen (secondary N) is 3. The molecule has 0 atom stereocenters. The number of hydrogen-bond acceptors (Lipinski definition) is 4. The van der Waals surface area contributed by atoms with E-state index >= 15 is 0 Å². The first-order valence-electron chi connectivity index (χ1n) is 2.98. The molecule has 0 fully saturated rings. The smallest absolute Gasteiger partial charge is 0.225 e. The van der Waals surface area contributed by atoms with Gasteiger partial charge in [-0.25, -0.2) is 9.66 Å². The van der Waals surface area contributed by atoms with Crippen molar-refractivity contribution in [2.75, 3.05) is 17.4 Å². The molecule has 0 amide bonds. The average molecular weight is 137 g/mol. The van der Waals surface area contributed by atoms with Gasteiger partial charge in [-0.3, -0.25) is 5.41 Å². The molecule has 0 saturated heterocycles. The Kier molecular flexibility index (Phi) is 0.913. The molecule has 2 heterocycles. The highest BCUT2D eigenvalue weighted by atomic mass is 15.5. The van der Waals surface area contributed by atoms with Crippen LogP contribution in [0.4, 0.5) is 5.95 Å². The predicted molar refractivity (Wildman–Crippen MR) is 35.9 cm³/mol. The Morgan fingerprint density at radius 2 is 2.60 bits per heavy atom. The van der Waals surface area contributed by atoms with E-state index in [0.29, 0.717) is 18.1 Å². The third-order valence-corrected chi connectivity index (χ3v) is 1.37. The zero-order valence-corrected chi connectivity index (χ0v) is 5.26. The van der Waals surface area contributed by atoms with Gasteiger partial charge in [-0.1, -0.05) is 0 Å².